The molecule has 0 saturated carbocycles. The molecule has 0 aliphatic carbocycles. The van der Waals surface area contributed by atoms with Crippen molar-refractivity contribution in [1.82, 2.24) is 10.6 Å². The highest BCUT2D eigenvalue weighted by molar-refractivity contribution is 7.84. The molecule has 1 atom stereocenters. The zero-order valence-electron chi connectivity index (χ0n) is 10.2. The van der Waals surface area contributed by atoms with Gasteiger partial charge in [-0.2, -0.15) is 0 Å². The van der Waals surface area contributed by atoms with Crippen LogP contribution in [0.2, 0.25) is 0 Å². The van der Waals surface area contributed by atoms with Crippen LogP contribution in [0.4, 0.5) is 0 Å². The van der Waals surface area contributed by atoms with Gasteiger partial charge in [0.25, 0.3) is 5.91 Å². The van der Waals surface area contributed by atoms with Crippen molar-refractivity contribution in [3.8, 4) is 0 Å². The lowest BCUT2D eigenvalue weighted by atomic mass is 10.1. The lowest BCUT2D eigenvalue weighted by Crippen LogP contribution is -2.20. The molecule has 0 spiro atoms. The third-order valence-corrected chi connectivity index (χ3v) is 3.12. The molecule has 0 heterocycles. The Morgan fingerprint density at radius 2 is 1.94 bits per heavy atom. The maximum absolute atomic E-state index is 11.3. The van der Waals surface area contributed by atoms with E-state index in [0.717, 1.165) is 18.7 Å². The topological polar surface area (TPSA) is 58.2 Å². The molecule has 4 nitrogen and oxygen atoms in total. The van der Waals surface area contributed by atoms with E-state index in [1.165, 1.54) is 0 Å². The molecule has 1 aromatic carbocycles. The minimum Gasteiger partial charge on any atom is -0.355 e. The summed E-state index contributed by atoms with van der Waals surface area (Å²) in [7, 11) is 0.864. The van der Waals surface area contributed by atoms with E-state index in [-0.39, 0.29) is 5.91 Å². The summed E-state index contributed by atoms with van der Waals surface area (Å²) in [6.07, 6.45) is 1.69. The highest BCUT2D eigenvalue weighted by Crippen LogP contribution is 2.03. The number of carbonyl (C=O) groups is 1. The molecule has 2 N–H and O–H groups in total. The van der Waals surface area contributed by atoms with Gasteiger partial charge in [-0.1, -0.05) is 12.1 Å². The Morgan fingerprint density at radius 3 is 2.47 bits per heavy atom. The summed E-state index contributed by atoms with van der Waals surface area (Å²) in [4.78, 5) is 11.3. The van der Waals surface area contributed by atoms with E-state index < -0.39 is 10.8 Å². The van der Waals surface area contributed by atoms with Gasteiger partial charge in [0.05, 0.1) is 0 Å². The van der Waals surface area contributed by atoms with Crippen molar-refractivity contribution < 1.29 is 9.00 Å². The van der Waals surface area contributed by atoms with Crippen LogP contribution in [0.25, 0.3) is 0 Å². The zero-order chi connectivity index (χ0) is 12.7. The van der Waals surface area contributed by atoms with E-state index in [0.29, 0.717) is 11.3 Å². The monoisotopic (exact) mass is 254 g/mol. The van der Waals surface area contributed by atoms with E-state index in [4.69, 9.17) is 0 Å². The van der Waals surface area contributed by atoms with E-state index in [1.54, 1.807) is 25.4 Å². The van der Waals surface area contributed by atoms with Crippen LogP contribution >= 0.6 is 0 Å². The molecule has 1 amide bonds. The zero-order valence-corrected chi connectivity index (χ0v) is 11.0. The number of benzene rings is 1. The standard InChI is InChI=1S/C12H18N2O2S/c1-13-12(15)11-5-3-10(4-6-11)9-14-7-8-17(2)16/h3-6,14H,7-9H2,1-2H3,(H,13,15). The molecule has 0 saturated heterocycles. The van der Waals surface area contributed by atoms with Crippen molar-refractivity contribution in [2.45, 2.75) is 6.54 Å². The average molecular weight is 254 g/mol. The molecule has 0 aliphatic rings. The number of nitrogens with one attached hydrogen (secondary N) is 2. The summed E-state index contributed by atoms with van der Waals surface area (Å²) >= 11 is 0. The second-order valence-electron chi connectivity index (χ2n) is 3.73. The van der Waals surface area contributed by atoms with E-state index in [1.807, 2.05) is 12.1 Å². The van der Waals surface area contributed by atoms with Crippen molar-refractivity contribution >= 4 is 16.7 Å². The first-order valence-electron chi connectivity index (χ1n) is 5.45. The predicted octanol–water partition coefficient (Wildman–Crippen LogP) is 0.514. The van der Waals surface area contributed by atoms with Crippen LogP contribution in [0, 0.1) is 0 Å². The molecule has 1 aromatic rings. The Labute approximate surface area is 104 Å². The molecule has 94 valence electrons. The van der Waals surface area contributed by atoms with Gasteiger partial charge in [-0.3, -0.25) is 9.00 Å². The molecule has 17 heavy (non-hydrogen) atoms. The van der Waals surface area contributed by atoms with Crippen LogP contribution < -0.4 is 10.6 Å². The number of hydrogen-bond donors (Lipinski definition) is 2. The molecule has 1 unspecified atom stereocenters. The molecule has 0 radical (unpaired) electrons. The Bertz CT molecular complexity index is 390. The largest absolute Gasteiger partial charge is 0.355 e. The minimum absolute atomic E-state index is 0.0779. The van der Waals surface area contributed by atoms with Gasteiger partial charge in [-0.25, -0.2) is 0 Å². The van der Waals surface area contributed by atoms with Crippen LogP contribution in [0.1, 0.15) is 15.9 Å². The SMILES string of the molecule is CNC(=O)c1ccc(CNCCS(C)=O)cc1. The van der Waals surface area contributed by atoms with Crippen LogP contribution in [-0.4, -0.2) is 35.7 Å². The fourth-order valence-corrected chi connectivity index (χ4v) is 1.80. The lowest BCUT2D eigenvalue weighted by Gasteiger charge is -2.05. The van der Waals surface area contributed by atoms with Gasteiger partial charge in [-0.05, 0) is 17.7 Å². The Hall–Kier alpha value is -1.20. The second kappa shape index (κ2) is 7.19. The highest BCUT2D eigenvalue weighted by atomic mass is 32.2. The van der Waals surface area contributed by atoms with E-state index in [9.17, 15) is 9.00 Å². The summed E-state index contributed by atoms with van der Waals surface area (Å²) in [6, 6.07) is 7.43. The third kappa shape index (κ3) is 5.10. The maximum Gasteiger partial charge on any atom is 0.251 e. The van der Waals surface area contributed by atoms with Gasteiger partial charge in [0.2, 0.25) is 0 Å². The molecular weight excluding hydrogens is 236 g/mol. The van der Waals surface area contributed by atoms with Gasteiger partial charge >= 0.3 is 0 Å². The lowest BCUT2D eigenvalue weighted by molar-refractivity contribution is 0.0963. The third-order valence-electron chi connectivity index (χ3n) is 2.34. The van der Waals surface area contributed by atoms with Gasteiger partial charge in [0.1, 0.15) is 0 Å². The maximum atomic E-state index is 11.3. The van der Waals surface area contributed by atoms with Gasteiger partial charge in [-0.15, -0.1) is 0 Å². The van der Waals surface area contributed by atoms with Crippen molar-refractivity contribution in [3.05, 3.63) is 35.4 Å². The van der Waals surface area contributed by atoms with Crippen molar-refractivity contribution in [2.24, 2.45) is 0 Å². The van der Waals surface area contributed by atoms with Crippen LogP contribution in [0.15, 0.2) is 24.3 Å². The first-order valence-corrected chi connectivity index (χ1v) is 7.18. The molecule has 0 bridgehead atoms. The minimum atomic E-state index is -0.750. The normalized spacial score (nSPS) is 12.1. The van der Waals surface area contributed by atoms with E-state index >= 15 is 0 Å². The summed E-state index contributed by atoms with van der Waals surface area (Å²) in [5, 5.41) is 5.78. The molecule has 0 fully saturated rings. The fraction of sp³-hybridized carbons (Fsp3) is 0.417. The van der Waals surface area contributed by atoms with Crippen molar-refractivity contribution in [1.29, 1.82) is 0 Å². The van der Waals surface area contributed by atoms with E-state index in [2.05, 4.69) is 10.6 Å². The number of rotatable bonds is 6. The quantitative estimate of drug-likeness (QED) is 0.727. The summed E-state index contributed by atoms with van der Waals surface area (Å²) in [6.45, 7) is 1.46. The summed E-state index contributed by atoms with van der Waals surface area (Å²) in [5.74, 6) is 0.585. The molecule has 1 rings (SSSR count). The molecular formula is C12H18N2O2S. The Kier molecular flexibility index (Phi) is 5.86. The first kappa shape index (κ1) is 13.9. The highest BCUT2D eigenvalue weighted by Gasteiger charge is 2.01. The van der Waals surface area contributed by atoms with Gasteiger partial charge in [0, 0.05) is 48.5 Å². The van der Waals surface area contributed by atoms with Crippen LogP contribution in [0.5, 0.6) is 0 Å². The van der Waals surface area contributed by atoms with Crippen molar-refractivity contribution in [3.63, 3.8) is 0 Å². The predicted molar refractivity (Wildman–Crippen MR) is 70.5 cm³/mol. The molecule has 0 aromatic heterocycles. The van der Waals surface area contributed by atoms with Gasteiger partial charge in [0.15, 0.2) is 0 Å². The summed E-state index contributed by atoms with van der Waals surface area (Å²) < 4.78 is 10.8. The van der Waals surface area contributed by atoms with Crippen LogP contribution in [0.3, 0.4) is 0 Å². The summed E-state index contributed by atoms with van der Waals surface area (Å²) in [5.41, 5.74) is 1.77. The molecule has 5 heteroatoms. The number of amides is 1. The van der Waals surface area contributed by atoms with Crippen molar-refractivity contribution in [2.75, 3.05) is 25.6 Å². The van der Waals surface area contributed by atoms with Gasteiger partial charge < -0.3 is 10.6 Å². The fourth-order valence-electron chi connectivity index (χ4n) is 1.37. The smallest absolute Gasteiger partial charge is 0.251 e. The van der Waals surface area contributed by atoms with Crippen LogP contribution in [-0.2, 0) is 17.3 Å². The Balaban J connectivity index is 2.40. The second-order valence-corrected chi connectivity index (χ2v) is 5.28. The number of carbonyl (C=O) groups excluding carboxylic acids is 1. The first-order chi connectivity index (χ1) is 8.13. The molecule has 0 aliphatic heterocycles. The number of hydrogen-bond acceptors (Lipinski definition) is 3. The Morgan fingerprint density at radius 1 is 1.29 bits per heavy atom. The average Bonchev–Trinajstić information content (AvgIpc) is 2.34.